The zero-order valence-electron chi connectivity index (χ0n) is 12.4. The van der Waals surface area contributed by atoms with Gasteiger partial charge in [0.2, 0.25) is 5.91 Å². The molecule has 0 aliphatic rings. The summed E-state index contributed by atoms with van der Waals surface area (Å²) in [4.78, 5) is 12.3. The van der Waals surface area contributed by atoms with Crippen LogP contribution in [0.3, 0.4) is 0 Å². The highest BCUT2D eigenvalue weighted by molar-refractivity contribution is 9.10. The molecule has 2 rings (SSSR count). The van der Waals surface area contributed by atoms with Crippen LogP contribution in [0.4, 0.5) is 0 Å². The van der Waals surface area contributed by atoms with E-state index in [1.54, 1.807) is 25.3 Å². The van der Waals surface area contributed by atoms with Crippen LogP contribution in [-0.2, 0) is 11.2 Å². The molecule has 0 saturated heterocycles. The van der Waals surface area contributed by atoms with Crippen molar-refractivity contribution in [3.8, 4) is 5.75 Å². The van der Waals surface area contributed by atoms with Crippen molar-refractivity contribution in [2.75, 3.05) is 7.11 Å². The van der Waals surface area contributed by atoms with Crippen LogP contribution in [0.15, 0.2) is 46.9 Å². The van der Waals surface area contributed by atoms with E-state index in [0.717, 1.165) is 15.6 Å². The molecule has 1 amide bonds. The van der Waals surface area contributed by atoms with Crippen LogP contribution in [0.5, 0.6) is 5.75 Å². The molecular weight excluding hydrogens is 366 g/mol. The summed E-state index contributed by atoms with van der Waals surface area (Å²) in [6, 6.07) is 13.0. The monoisotopic (exact) mass is 381 g/mol. The van der Waals surface area contributed by atoms with Crippen molar-refractivity contribution in [3.05, 3.63) is 63.1 Å². The molecule has 0 aliphatic heterocycles. The Hall–Kier alpha value is -1.52. The predicted molar refractivity (Wildman–Crippen MR) is 92.4 cm³/mol. The van der Waals surface area contributed by atoms with E-state index in [2.05, 4.69) is 21.2 Å². The van der Waals surface area contributed by atoms with Gasteiger partial charge in [0.25, 0.3) is 0 Å². The summed E-state index contributed by atoms with van der Waals surface area (Å²) in [5.41, 5.74) is 1.81. The van der Waals surface area contributed by atoms with Gasteiger partial charge in [0, 0.05) is 15.1 Å². The predicted octanol–water partition coefficient (Wildman–Crippen LogP) is 4.53. The van der Waals surface area contributed by atoms with Crippen molar-refractivity contribution < 1.29 is 9.53 Å². The molecular formula is C17H17BrClNO2. The number of amides is 1. The van der Waals surface area contributed by atoms with Crippen LogP contribution in [-0.4, -0.2) is 13.0 Å². The van der Waals surface area contributed by atoms with Gasteiger partial charge < -0.3 is 10.1 Å². The molecule has 0 saturated carbocycles. The lowest BCUT2D eigenvalue weighted by molar-refractivity contribution is -0.121. The number of hydrogen-bond acceptors (Lipinski definition) is 2. The Labute approximate surface area is 143 Å². The first kappa shape index (κ1) is 16.8. The molecule has 22 heavy (non-hydrogen) atoms. The summed E-state index contributed by atoms with van der Waals surface area (Å²) in [7, 11) is 1.58. The van der Waals surface area contributed by atoms with Crippen LogP contribution < -0.4 is 10.1 Å². The standard InChI is InChI=1S/C17H17BrClNO2/c1-11(14-5-3-4-6-15(14)18)20-17(21)10-12-9-13(19)7-8-16(12)22-2/h3-9,11H,10H2,1-2H3,(H,20,21)/t11-/m1/s1. The Bertz CT molecular complexity index is 675. The number of carbonyl (C=O) groups excluding carboxylic acids is 1. The van der Waals surface area contributed by atoms with Crippen molar-refractivity contribution in [1.29, 1.82) is 0 Å². The highest BCUT2D eigenvalue weighted by Gasteiger charge is 2.14. The second-order valence-corrected chi connectivity index (χ2v) is 6.23. The summed E-state index contributed by atoms with van der Waals surface area (Å²) in [5, 5.41) is 3.57. The van der Waals surface area contributed by atoms with Gasteiger partial charge in [-0.3, -0.25) is 4.79 Å². The molecule has 1 atom stereocenters. The first-order chi connectivity index (χ1) is 10.5. The van der Waals surface area contributed by atoms with Gasteiger partial charge in [-0.05, 0) is 36.8 Å². The summed E-state index contributed by atoms with van der Waals surface area (Å²) >= 11 is 9.48. The molecule has 2 aromatic carbocycles. The lowest BCUT2D eigenvalue weighted by atomic mass is 10.1. The van der Waals surface area contributed by atoms with E-state index in [0.29, 0.717) is 10.8 Å². The van der Waals surface area contributed by atoms with Crippen LogP contribution in [0.2, 0.25) is 5.02 Å². The fraction of sp³-hybridized carbons (Fsp3) is 0.235. The molecule has 0 radical (unpaired) electrons. The average Bonchev–Trinajstić information content (AvgIpc) is 2.47. The lowest BCUT2D eigenvalue weighted by Crippen LogP contribution is -2.28. The highest BCUT2D eigenvalue weighted by Crippen LogP contribution is 2.25. The maximum Gasteiger partial charge on any atom is 0.225 e. The highest BCUT2D eigenvalue weighted by atomic mass is 79.9. The Morgan fingerprint density at radius 1 is 1.32 bits per heavy atom. The minimum absolute atomic E-state index is 0.0798. The first-order valence-electron chi connectivity index (χ1n) is 6.87. The van der Waals surface area contributed by atoms with Crippen molar-refractivity contribution >= 4 is 33.4 Å². The number of methoxy groups -OCH3 is 1. The molecule has 0 heterocycles. The molecule has 0 unspecified atom stereocenters. The Balaban J connectivity index is 2.07. The third kappa shape index (κ3) is 4.24. The van der Waals surface area contributed by atoms with Gasteiger partial charge in [0.05, 0.1) is 19.6 Å². The van der Waals surface area contributed by atoms with Crippen molar-refractivity contribution in [2.24, 2.45) is 0 Å². The fourth-order valence-electron chi connectivity index (χ4n) is 2.25. The van der Waals surface area contributed by atoms with Crippen molar-refractivity contribution in [3.63, 3.8) is 0 Å². The maximum absolute atomic E-state index is 12.3. The van der Waals surface area contributed by atoms with E-state index in [1.807, 2.05) is 31.2 Å². The van der Waals surface area contributed by atoms with E-state index in [9.17, 15) is 4.79 Å². The van der Waals surface area contributed by atoms with Crippen molar-refractivity contribution in [2.45, 2.75) is 19.4 Å². The Kier molecular flexibility index (Phi) is 5.86. The second kappa shape index (κ2) is 7.65. The van der Waals surface area contributed by atoms with Gasteiger partial charge in [-0.25, -0.2) is 0 Å². The maximum atomic E-state index is 12.3. The third-order valence-electron chi connectivity index (χ3n) is 3.34. The minimum atomic E-state index is -0.0896. The van der Waals surface area contributed by atoms with Crippen LogP contribution in [0, 0.1) is 0 Å². The molecule has 116 valence electrons. The van der Waals surface area contributed by atoms with E-state index < -0.39 is 0 Å². The quantitative estimate of drug-likeness (QED) is 0.825. The molecule has 0 fully saturated rings. The lowest BCUT2D eigenvalue weighted by Gasteiger charge is -2.16. The Morgan fingerprint density at radius 3 is 2.73 bits per heavy atom. The number of halogens is 2. The van der Waals surface area contributed by atoms with Gasteiger partial charge in [0.1, 0.15) is 5.75 Å². The average molecular weight is 383 g/mol. The molecule has 0 bridgehead atoms. The summed E-state index contributed by atoms with van der Waals surface area (Å²) in [5.74, 6) is 0.580. The second-order valence-electron chi connectivity index (χ2n) is 4.94. The van der Waals surface area contributed by atoms with E-state index in [4.69, 9.17) is 16.3 Å². The van der Waals surface area contributed by atoms with Gasteiger partial charge in [0.15, 0.2) is 0 Å². The number of rotatable bonds is 5. The van der Waals surface area contributed by atoms with Crippen LogP contribution in [0.1, 0.15) is 24.1 Å². The topological polar surface area (TPSA) is 38.3 Å². The van der Waals surface area contributed by atoms with Gasteiger partial charge in [-0.15, -0.1) is 0 Å². The number of hydrogen-bond donors (Lipinski definition) is 1. The van der Waals surface area contributed by atoms with Crippen molar-refractivity contribution in [1.82, 2.24) is 5.32 Å². The molecule has 0 spiro atoms. The van der Waals surface area contributed by atoms with Gasteiger partial charge >= 0.3 is 0 Å². The zero-order chi connectivity index (χ0) is 16.1. The van der Waals surface area contributed by atoms with E-state index in [1.165, 1.54) is 0 Å². The summed E-state index contributed by atoms with van der Waals surface area (Å²) < 4.78 is 6.24. The number of carbonyl (C=O) groups is 1. The molecule has 3 nitrogen and oxygen atoms in total. The number of nitrogens with one attached hydrogen (secondary N) is 1. The number of ether oxygens (including phenoxy) is 1. The minimum Gasteiger partial charge on any atom is -0.496 e. The molecule has 5 heteroatoms. The normalized spacial score (nSPS) is 11.8. The third-order valence-corrected chi connectivity index (χ3v) is 4.30. The van der Waals surface area contributed by atoms with E-state index >= 15 is 0 Å². The van der Waals surface area contributed by atoms with Gasteiger partial charge in [-0.2, -0.15) is 0 Å². The molecule has 0 aliphatic carbocycles. The molecule has 2 aromatic rings. The summed E-state index contributed by atoms with van der Waals surface area (Å²) in [6.07, 6.45) is 0.221. The molecule has 1 N–H and O–H groups in total. The smallest absolute Gasteiger partial charge is 0.225 e. The van der Waals surface area contributed by atoms with Crippen LogP contribution >= 0.6 is 27.5 Å². The fourth-order valence-corrected chi connectivity index (χ4v) is 3.08. The number of benzene rings is 2. The first-order valence-corrected chi connectivity index (χ1v) is 8.04. The Morgan fingerprint density at radius 2 is 2.05 bits per heavy atom. The van der Waals surface area contributed by atoms with Crippen LogP contribution in [0.25, 0.3) is 0 Å². The van der Waals surface area contributed by atoms with Gasteiger partial charge in [-0.1, -0.05) is 45.7 Å². The van der Waals surface area contributed by atoms with E-state index in [-0.39, 0.29) is 18.4 Å². The molecule has 0 aromatic heterocycles. The largest absolute Gasteiger partial charge is 0.496 e. The summed E-state index contributed by atoms with van der Waals surface area (Å²) in [6.45, 7) is 1.95. The SMILES string of the molecule is COc1ccc(Cl)cc1CC(=O)N[C@H](C)c1ccccc1Br. The zero-order valence-corrected chi connectivity index (χ0v) is 14.7.